The molecule has 0 aliphatic rings. The van der Waals surface area contributed by atoms with Crippen LogP contribution < -0.4 is 4.90 Å². The summed E-state index contributed by atoms with van der Waals surface area (Å²) in [5.41, 5.74) is 0. The van der Waals surface area contributed by atoms with Crippen molar-refractivity contribution in [3.05, 3.63) is 21.8 Å². The topological polar surface area (TPSA) is 16.1 Å². The van der Waals surface area contributed by atoms with Gasteiger partial charge in [0.2, 0.25) is 5.95 Å². The number of pyridine rings is 1. The predicted octanol–water partition coefficient (Wildman–Crippen LogP) is 2.73. The molecule has 6 heteroatoms. The van der Waals surface area contributed by atoms with Crippen LogP contribution in [0.25, 0.3) is 0 Å². The Labute approximate surface area is 84.1 Å². The van der Waals surface area contributed by atoms with Gasteiger partial charge in [-0.15, -0.1) is 0 Å². The zero-order valence-corrected chi connectivity index (χ0v) is 8.42. The van der Waals surface area contributed by atoms with Crippen molar-refractivity contribution in [2.75, 3.05) is 19.0 Å². The molecule has 1 rings (SSSR count). The zero-order chi connectivity index (χ0) is 10.2. The summed E-state index contributed by atoms with van der Waals surface area (Å²) in [5, 5.41) is -0.966. The molecule has 0 bridgehead atoms. The maximum atomic E-state index is 13.0. The van der Waals surface area contributed by atoms with Crippen LogP contribution >= 0.6 is 23.2 Å². The Hall–Kier alpha value is -0.610. The van der Waals surface area contributed by atoms with Gasteiger partial charge in [-0.25, -0.2) is 4.39 Å². The molecular formula is C7H6Cl2F2N2. The lowest BCUT2D eigenvalue weighted by Gasteiger charge is -2.13. The van der Waals surface area contributed by atoms with Crippen LogP contribution in [0.2, 0.25) is 10.0 Å². The van der Waals surface area contributed by atoms with Crippen molar-refractivity contribution < 1.29 is 8.78 Å². The molecule has 1 heterocycles. The van der Waals surface area contributed by atoms with Gasteiger partial charge in [0.25, 0.3) is 0 Å². The molecule has 72 valence electrons. The molecule has 0 aliphatic heterocycles. The molecule has 0 N–H and O–H groups in total. The van der Waals surface area contributed by atoms with Crippen LogP contribution in [0.5, 0.6) is 0 Å². The van der Waals surface area contributed by atoms with Gasteiger partial charge in [-0.3, -0.25) is 0 Å². The Kier molecular flexibility index (Phi) is 2.93. The first-order chi connectivity index (χ1) is 5.95. The van der Waals surface area contributed by atoms with E-state index in [2.05, 4.69) is 4.98 Å². The fourth-order valence-electron chi connectivity index (χ4n) is 0.773. The summed E-state index contributed by atoms with van der Waals surface area (Å²) >= 11 is 10.8. The summed E-state index contributed by atoms with van der Waals surface area (Å²) in [4.78, 5) is 4.78. The molecular weight excluding hydrogens is 221 g/mol. The molecule has 0 atom stereocenters. The van der Waals surface area contributed by atoms with Gasteiger partial charge < -0.3 is 4.90 Å². The molecule has 0 spiro atoms. The maximum absolute atomic E-state index is 13.0. The molecule has 0 unspecified atom stereocenters. The van der Waals surface area contributed by atoms with Crippen molar-refractivity contribution in [3.63, 3.8) is 0 Å². The Morgan fingerprint density at radius 3 is 2.15 bits per heavy atom. The van der Waals surface area contributed by atoms with Crippen LogP contribution in [-0.2, 0) is 0 Å². The number of nitrogens with zero attached hydrogens (tertiary/aromatic N) is 2. The average molecular weight is 227 g/mol. The number of hydrogen-bond donors (Lipinski definition) is 0. The molecule has 0 saturated heterocycles. The lowest BCUT2D eigenvalue weighted by atomic mass is 10.4. The third kappa shape index (κ3) is 1.84. The lowest BCUT2D eigenvalue weighted by molar-refractivity contribution is 0.553. The summed E-state index contributed by atoms with van der Waals surface area (Å²) in [7, 11) is 3.14. The molecule has 0 aliphatic carbocycles. The van der Waals surface area contributed by atoms with E-state index < -0.39 is 16.8 Å². The Morgan fingerprint density at radius 1 is 1.15 bits per heavy atom. The molecule has 0 aromatic carbocycles. The third-order valence-corrected chi connectivity index (χ3v) is 2.05. The van der Waals surface area contributed by atoms with Crippen molar-refractivity contribution in [1.82, 2.24) is 4.98 Å². The third-order valence-electron chi connectivity index (χ3n) is 1.39. The summed E-state index contributed by atoms with van der Waals surface area (Å²) in [6.07, 6.45) is 0. The lowest BCUT2D eigenvalue weighted by Crippen LogP contribution is -2.13. The van der Waals surface area contributed by atoms with Crippen LogP contribution in [0.3, 0.4) is 0 Å². The van der Waals surface area contributed by atoms with Gasteiger partial charge in [0.1, 0.15) is 10.0 Å². The van der Waals surface area contributed by atoms with Crippen LogP contribution in [0.4, 0.5) is 14.6 Å². The van der Waals surface area contributed by atoms with Crippen LogP contribution in [0, 0.1) is 11.8 Å². The Morgan fingerprint density at radius 2 is 1.69 bits per heavy atom. The maximum Gasteiger partial charge on any atom is 0.236 e. The predicted molar refractivity (Wildman–Crippen MR) is 48.5 cm³/mol. The first-order valence-electron chi connectivity index (χ1n) is 3.32. The van der Waals surface area contributed by atoms with Crippen molar-refractivity contribution in [2.45, 2.75) is 0 Å². The first-order valence-corrected chi connectivity index (χ1v) is 4.08. The minimum Gasteiger partial charge on any atom is -0.361 e. The van der Waals surface area contributed by atoms with Gasteiger partial charge in [-0.05, 0) is 0 Å². The van der Waals surface area contributed by atoms with Gasteiger partial charge in [-0.2, -0.15) is 9.37 Å². The molecule has 13 heavy (non-hydrogen) atoms. The van der Waals surface area contributed by atoms with E-state index in [1.165, 1.54) is 4.90 Å². The molecule has 0 radical (unpaired) electrons. The molecule has 0 fully saturated rings. The van der Waals surface area contributed by atoms with E-state index in [9.17, 15) is 8.78 Å². The SMILES string of the molecule is CN(C)c1nc(F)c(Cl)c(F)c1Cl. The minimum absolute atomic E-state index is 0.0149. The fraction of sp³-hybridized carbons (Fsp3) is 0.286. The number of halogens is 4. The summed E-state index contributed by atoms with van der Waals surface area (Å²) < 4.78 is 25.9. The largest absolute Gasteiger partial charge is 0.361 e. The van der Waals surface area contributed by atoms with Crippen molar-refractivity contribution in [2.24, 2.45) is 0 Å². The van der Waals surface area contributed by atoms with E-state index in [4.69, 9.17) is 23.2 Å². The van der Waals surface area contributed by atoms with Gasteiger partial charge in [0.05, 0.1) is 0 Å². The number of anilines is 1. The first kappa shape index (κ1) is 10.5. The molecule has 0 saturated carbocycles. The van der Waals surface area contributed by atoms with E-state index in [-0.39, 0.29) is 10.8 Å². The van der Waals surface area contributed by atoms with Crippen LogP contribution in [0.1, 0.15) is 0 Å². The normalized spacial score (nSPS) is 10.3. The number of rotatable bonds is 1. The Bertz CT molecular complexity index is 342. The Balaban J connectivity index is 3.41. The highest BCUT2D eigenvalue weighted by Crippen LogP contribution is 2.30. The summed E-state index contributed by atoms with van der Waals surface area (Å²) in [6, 6.07) is 0. The van der Waals surface area contributed by atoms with Gasteiger partial charge in [0, 0.05) is 14.1 Å². The van der Waals surface area contributed by atoms with Gasteiger partial charge >= 0.3 is 0 Å². The second-order valence-electron chi connectivity index (χ2n) is 2.56. The second kappa shape index (κ2) is 3.64. The van der Waals surface area contributed by atoms with Crippen LogP contribution in [-0.4, -0.2) is 19.1 Å². The van der Waals surface area contributed by atoms with Crippen molar-refractivity contribution >= 4 is 29.0 Å². The van der Waals surface area contributed by atoms with Crippen molar-refractivity contribution in [3.8, 4) is 0 Å². The van der Waals surface area contributed by atoms with E-state index in [1.54, 1.807) is 14.1 Å². The molecule has 0 amide bonds. The smallest absolute Gasteiger partial charge is 0.236 e. The second-order valence-corrected chi connectivity index (χ2v) is 3.32. The highest BCUT2D eigenvalue weighted by Gasteiger charge is 2.18. The number of hydrogen-bond acceptors (Lipinski definition) is 2. The van der Waals surface area contributed by atoms with E-state index in [0.29, 0.717) is 0 Å². The quantitative estimate of drug-likeness (QED) is 0.685. The van der Waals surface area contributed by atoms with Crippen LogP contribution in [0.15, 0.2) is 0 Å². The van der Waals surface area contributed by atoms with E-state index in [0.717, 1.165) is 0 Å². The summed E-state index contributed by atoms with van der Waals surface area (Å²) in [6.45, 7) is 0. The van der Waals surface area contributed by atoms with E-state index in [1.807, 2.05) is 0 Å². The minimum atomic E-state index is -1.06. The monoisotopic (exact) mass is 226 g/mol. The fourth-order valence-corrected chi connectivity index (χ4v) is 1.26. The molecule has 1 aromatic rings. The van der Waals surface area contributed by atoms with E-state index >= 15 is 0 Å². The highest BCUT2D eigenvalue weighted by molar-refractivity contribution is 6.36. The van der Waals surface area contributed by atoms with Gasteiger partial charge in [0.15, 0.2) is 11.6 Å². The standard InChI is InChI=1S/C7H6Cl2F2N2/c1-13(2)7-4(9)5(10)3(8)6(11)12-7/h1-2H3. The molecule has 1 aromatic heterocycles. The van der Waals surface area contributed by atoms with Crippen molar-refractivity contribution in [1.29, 1.82) is 0 Å². The van der Waals surface area contributed by atoms with Gasteiger partial charge in [-0.1, -0.05) is 23.2 Å². The molecule has 2 nitrogen and oxygen atoms in total. The highest BCUT2D eigenvalue weighted by atomic mass is 35.5. The number of aromatic nitrogens is 1. The summed E-state index contributed by atoms with van der Waals surface area (Å²) in [5.74, 6) is -2.03. The zero-order valence-electron chi connectivity index (χ0n) is 6.91. The average Bonchev–Trinajstić information content (AvgIpc) is 2.07.